The third-order valence-corrected chi connectivity index (χ3v) is 10.1. The second kappa shape index (κ2) is 16.4. The Labute approximate surface area is 314 Å². The van der Waals surface area contributed by atoms with Crippen molar-refractivity contribution in [3.63, 3.8) is 0 Å². The molecule has 0 saturated carbocycles. The van der Waals surface area contributed by atoms with Crippen LogP contribution < -0.4 is 15.4 Å². The molecule has 4 N–H and O–H groups in total. The first-order valence-electron chi connectivity index (χ1n) is 17.3. The molecule has 2 amide bonds. The molecule has 2 heterocycles. The number of rotatable bonds is 14. The third kappa shape index (κ3) is 8.54. The van der Waals surface area contributed by atoms with Crippen molar-refractivity contribution in [1.82, 2.24) is 15.3 Å². The second-order valence-corrected chi connectivity index (χ2v) is 13.7. The lowest BCUT2D eigenvalue weighted by Crippen LogP contribution is -2.30. The molecule has 0 fully saturated rings. The summed E-state index contributed by atoms with van der Waals surface area (Å²) in [6, 6.07) is 37.3. The van der Waals surface area contributed by atoms with E-state index < -0.39 is 23.7 Å². The third-order valence-electron chi connectivity index (χ3n) is 8.90. The minimum atomic E-state index is -1.29. The molecule has 0 saturated heterocycles. The molecule has 0 radical (unpaired) electrons. The summed E-state index contributed by atoms with van der Waals surface area (Å²) in [6.45, 7) is 0.426. The second-order valence-electron chi connectivity index (χ2n) is 12.7. The number of carbonyl (C=O) groups is 3. The van der Waals surface area contributed by atoms with Crippen LogP contribution in [0.4, 0.5) is 10.1 Å². The van der Waals surface area contributed by atoms with E-state index in [-0.39, 0.29) is 29.3 Å². The Hall–Kier alpha value is -6.59. The van der Waals surface area contributed by atoms with Crippen molar-refractivity contribution in [1.29, 1.82) is 0 Å². The number of para-hydroxylation sites is 1. The van der Waals surface area contributed by atoms with Gasteiger partial charge < -0.3 is 25.5 Å². The number of aromatic carboxylic acids is 1. The number of fused-ring (bicyclic) bond motifs is 1. The Morgan fingerprint density at radius 1 is 0.852 bits per heavy atom. The van der Waals surface area contributed by atoms with E-state index in [2.05, 4.69) is 15.6 Å². The van der Waals surface area contributed by atoms with Crippen LogP contribution in [0.2, 0.25) is 0 Å². The van der Waals surface area contributed by atoms with E-state index in [1.54, 1.807) is 0 Å². The molecule has 7 aromatic rings. The Morgan fingerprint density at radius 3 is 2.31 bits per heavy atom. The van der Waals surface area contributed by atoms with Crippen molar-refractivity contribution in [2.24, 2.45) is 0 Å². The zero-order valence-corrected chi connectivity index (χ0v) is 29.7. The summed E-state index contributed by atoms with van der Waals surface area (Å²) in [7, 11) is 0. The number of aromatic amines is 1. The van der Waals surface area contributed by atoms with Gasteiger partial charge in [-0.25, -0.2) is 14.2 Å². The number of thiazole rings is 1. The van der Waals surface area contributed by atoms with Crippen LogP contribution in [0.1, 0.15) is 55.0 Å². The predicted molar refractivity (Wildman–Crippen MR) is 207 cm³/mol. The van der Waals surface area contributed by atoms with Crippen LogP contribution in [0.25, 0.3) is 21.3 Å². The highest BCUT2D eigenvalue weighted by molar-refractivity contribution is 7.15. The summed E-state index contributed by atoms with van der Waals surface area (Å²) in [5.74, 6) is -2.34. The Bertz CT molecular complexity index is 2410. The van der Waals surface area contributed by atoms with Crippen LogP contribution in [-0.4, -0.2) is 32.9 Å². The van der Waals surface area contributed by atoms with Gasteiger partial charge >= 0.3 is 5.97 Å². The van der Waals surface area contributed by atoms with E-state index in [0.717, 1.165) is 39.2 Å². The number of carboxylic acid groups (broad SMARTS) is 1. The molecule has 0 aliphatic rings. The fourth-order valence-corrected chi connectivity index (χ4v) is 7.23. The fraction of sp³-hybridized carbons (Fsp3) is 0.116. The molecule has 9 nitrogen and oxygen atoms in total. The monoisotopic (exact) mass is 738 g/mol. The van der Waals surface area contributed by atoms with Gasteiger partial charge in [0.1, 0.15) is 28.9 Å². The van der Waals surface area contributed by atoms with Gasteiger partial charge in [0, 0.05) is 23.5 Å². The van der Waals surface area contributed by atoms with Gasteiger partial charge in [0.15, 0.2) is 0 Å². The molecule has 11 heteroatoms. The molecule has 0 bridgehead atoms. The summed E-state index contributed by atoms with van der Waals surface area (Å²) in [6.07, 6.45) is 3.03. The zero-order chi connectivity index (χ0) is 37.4. The van der Waals surface area contributed by atoms with Gasteiger partial charge in [0.25, 0.3) is 5.91 Å². The van der Waals surface area contributed by atoms with E-state index in [1.807, 2.05) is 115 Å². The van der Waals surface area contributed by atoms with Crippen molar-refractivity contribution in [3.8, 4) is 16.2 Å². The lowest BCUT2D eigenvalue weighted by molar-refractivity contribution is -0.121. The Morgan fingerprint density at radius 2 is 1.57 bits per heavy atom. The molecule has 0 aliphatic heterocycles. The number of H-pyrrole nitrogens is 1. The van der Waals surface area contributed by atoms with Crippen molar-refractivity contribution >= 4 is 45.7 Å². The zero-order valence-electron chi connectivity index (χ0n) is 28.9. The number of carboxylic acids is 1. The summed E-state index contributed by atoms with van der Waals surface area (Å²) >= 11 is 1.27. The molecule has 0 aliphatic carbocycles. The molecular formula is C43H35FN4O5S. The van der Waals surface area contributed by atoms with Gasteiger partial charge in [-0.2, -0.15) is 0 Å². The van der Waals surface area contributed by atoms with Crippen LogP contribution in [0.5, 0.6) is 5.75 Å². The standard InChI is InChI=1S/C43H35FN4O5S/c44-34-24-30(43(51)52)17-21-36(34)47-41(50)39-40(29-11-5-2-6-12-29)54-42(48-39)37(46-38(49)22-18-31-25-45-35-14-8-7-13-33(31)35)23-27-15-19-32(20-16-27)53-26-28-9-3-1-4-10-28/h1-17,19-21,24-25,37,45H,18,22-23,26H2,(H,46,49)(H,47,50)(H,51,52)/t37-/m0/s1. The number of halogens is 1. The van der Waals surface area contributed by atoms with E-state index in [4.69, 9.17) is 9.72 Å². The van der Waals surface area contributed by atoms with Crippen molar-refractivity contribution < 1.29 is 28.6 Å². The van der Waals surface area contributed by atoms with Crippen molar-refractivity contribution in [2.45, 2.75) is 31.9 Å². The summed E-state index contributed by atoms with van der Waals surface area (Å²) in [4.78, 5) is 47.3. The van der Waals surface area contributed by atoms with E-state index in [1.165, 1.54) is 23.5 Å². The van der Waals surface area contributed by atoms with Crippen LogP contribution in [-0.2, 0) is 24.2 Å². The van der Waals surface area contributed by atoms with Gasteiger partial charge in [0.05, 0.1) is 22.2 Å². The average Bonchev–Trinajstić information content (AvgIpc) is 3.83. The number of anilines is 1. The molecular weight excluding hydrogens is 704 g/mol. The van der Waals surface area contributed by atoms with E-state index in [0.29, 0.717) is 35.1 Å². The number of nitrogens with one attached hydrogen (secondary N) is 3. The maximum atomic E-state index is 14.9. The predicted octanol–water partition coefficient (Wildman–Crippen LogP) is 8.99. The SMILES string of the molecule is O=C(CCc1c[nH]c2ccccc12)N[C@@H](Cc1ccc(OCc2ccccc2)cc1)c1nc(C(=O)Nc2ccc(C(=O)O)cc2F)c(-c2ccccc2)s1. The number of nitrogens with zero attached hydrogens (tertiary/aromatic N) is 1. The number of hydrogen-bond acceptors (Lipinski definition) is 6. The molecule has 270 valence electrons. The summed E-state index contributed by atoms with van der Waals surface area (Å²) < 4.78 is 20.9. The van der Waals surface area contributed by atoms with Crippen LogP contribution in [0, 0.1) is 5.82 Å². The van der Waals surface area contributed by atoms with Crippen LogP contribution in [0.15, 0.2) is 134 Å². The summed E-state index contributed by atoms with van der Waals surface area (Å²) in [5, 5.41) is 16.5. The highest BCUT2D eigenvalue weighted by atomic mass is 32.1. The molecule has 0 spiro atoms. The molecule has 0 unspecified atom stereocenters. The smallest absolute Gasteiger partial charge is 0.335 e. The van der Waals surface area contributed by atoms with Gasteiger partial charge in [-0.15, -0.1) is 11.3 Å². The van der Waals surface area contributed by atoms with Crippen molar-refractivity contribution in [2.75, 3.05) is 5.32 Å². The highest BCUT2D eigenvalue weighted by Gasteiger charge is 2.26. The molecule has 5 aromatic carbocycles. The molecule has 54 heavy (non-hydrogen) atoms. The van der Waals surface area contributed by atoms with Gasteiger partial charge in [0.2, 0.25) is 5.91 Å². The number of carbonyl (C=O) groups excluding carboxylic acids is 2. The number of aromatic nitrogens is 2. The van der Waals surface area contributed by atoms with Gasteiger partial charge in [-0.1, -0.05) is 91.0 Å². The lowest BCUT2D eigenvalue weighted by Gasteiger charge is -2.17. The maximum Gasteiger partial charge on any atom is 0.335 e. The topological polar surface area (TPSA) is 133 Å². The maximum absolute atomic E-state index is 14.9. The number of hydrogen-bond donors (Lipinski definition) is 4. The van der Waals surface area contributed by atoms with E-state index >= 15 is 0 Å². The molecule has 2 aromatic heterocycles. The minimum absolute atomic E-state index is 0.0469. The number of amides is 2. The first-order chi connectivity index (χ1) is 26.3. The number of benzene rings is 5. The quantitative estimate of drug-likeness (QED) is 0.0881. The lowest BCUT2D eigenvalue weighted by atomic mass is 10.0. The minimum Gasteiger partial charge on any atom is -0.489 e. The van der Waals surface area contributed by atoms with E-state index in [9.17, 15) is 23.9 Å². The molecule has 7 rings (SSSR count). The summed E-state index contributed by atoms with van der Waals surface area (Å²) in [5.41, 5.74) is 4.33. The average molecular weight is 739 g/mol. The first-order valence-corrected chi connectivity index (χ1v) is 18.1. The number of aryl methyl sites for hydroxylation is 1. The Kier molecular flexibility index (Phi) is 10.9. The number of ether oxygens (including phenoxy) is 1. The van der Waals surface area contributed by atoms with Gasteiger partial charge in [-0.05, 0) is 71.5 Å². The van der Waals surface area contributed by atoms with Crippen LogP contribution in [0.3, 0.4) is 0 Å². The van der Waals surface area contributed by atoms with Crippen molar-refractivity contribution in [3.05, 3.63) is 172 Å². The Balaban J connectivity index is 1.17. The fourth-order valence-electron chi connectivity index (χ4n) is 6.11. The largest absolute Gasteiger partial charge is 0.489 e. The normalized spacial score (nSPS) is 11.6. The van der Waals surface area contributed by atoms with Gasteiger partial charge in [-0.3, -0.25) is 9.59 Å². The highest BCUT2D eigenvalue weighted by Crippen LogP contribution is 2.35. The first kappa shape index (κ1) is 35.8. The molecule has 1 atom stereocenters. The van der Waals surface area contributed by atoms with Crippen LogP contribution >= 0.6 is 11.3 Å².